The number of nitrogens with one attached hydrogen (secondary N) is 1. The van der Waals surface area contributed by atoms with Gasteiger partial charge in [0.05, 0.1) is 12.5 Å². The maximum Gasteiger partial charge on any atom is 0.309 e. The fraction of sp³-hybridized carbons (Fsp3) is 0.400. The van der Waals surface area contributed by atoms with Crippen LogP contribution in [-0.4, -0.2) is 40.4 Å². The third-order valence-corrected chi connectivity index (χ3v) is 3.60. The van der Waals surface area contributed by atoms with E-state index in [1.165, 1.54) is 4.90 Å². The lowest BCUT2D eigenvalue weighted by atomic mass is 9.94. The predicted octanol–water partition coefficient (Wildman–Crippen LogP) is 0.624. The monoisotopic (exact) mass is 290 g/mol. The molecule has 1 aliphatic heterocycles. The third-order valence-electron chi connectivity index (χ3n) is 3.60. The van der Waals surface area contributed by atoms with E-state index in [-0.39, 0.29) is 24.8 Å². The topological polar surface area (TPSA) is 86.7 Å². The minimum absolute atomic E-state index is 0.0414. The molecule has 0 aliphatic carbocycles. The molecule has 0 radical (unpaired) electrons. The number of aliphatic carboxylic acids is 1. The molecule has 2 atom stereocenters. The van der Waals surface area contributed by atoms with Gasteiger partial charge >= 0.3 is 5.97 Å². The Morgan fingerprint density at radius 2 is 2.05 bits per heavy atom. The number of carbonyl (C=O) groups excluding carboxylic acids is 2. The van der Waals surface area contributed by atoms with E-state index in [9.17, 15) is 19.5 Å². The second-order valence-corrected chi connectivity index (χ2v) is 5.08. The summed E-state index contributed by atoms with van der Waals surface area (Å²) in [4.78, 5) is 36.8. The normalized spacial score (nSPS) is 20.0. The molecule has 0 bridgehead atoms. The molecule has 6 nitrogen and oxygen atoms in total. The number of hydrogen-bond acceptors (Lipinski definition) is 3. The van der Waals surface area contributed by atoms with E-state index >= 15 is 0 Å². The van der Waals surface area contributed by atoms with Crippen LogP contribution >= 0.6 is 0 Å². The first-order chi connectivity index (χ1) is 10.0. The summed E-state index contributed by atoms with van der Waals surface area (Å²) in [7, 11) is 0. The van der Waals surface area contributed by atoms with Crippen LogP contribution in [0.2, 0.25) is 0 Å². The zero-order chi connectivity index (χ0) is 15.4. The number of benzene rings is 1. The fourth-order valence-electron chi connectivity index (χ4n) is 2.49. The Bertz CT molecular complexity index is 544. The third kappa shape index (κ3) is 3.39. The molecule has 0 aromatic heterocycles. The van der Waals surface area contributed by atoms with Gasteiger partial charge in [-0.2, -0.15) is 0 Å². The quantitative estimate of drug-likeness (QED) is 0.832. The van der Waals surface area contributed by atoms with Crippen LogP contribution in [0.5, 0.6) is 0 Å². The van der Waals surface area contributed by atoms with E-state index in [2.05, 4.69) is 5.32 Å². The molecule has 1 aromatic carbocycles. The number of rotatable bonds is 5. The predicted molar refractivity (Wildman–Crippen MR) is 75.2 cm³/mol. The zero-order valence-electron chi connectivity index (χ0n) is 11.8. The first kappa shape index (κ1) is 15.0. The van der Waals surface area contributed by atoms with Crippen molar-refractivity contribution >= 4 is 17.8 Å². The number of piperazine rings is 1. The fourth-order valence-corrected chi connectivity index (χ4v) is 2.49. The van der Waals surface area contributed by atoms with E-state index in [1.807, 2.05) is 30.3 Å². The Balaban J connectivity index is 2.17. The zero-order valence-corrected chi connectivity index (χ0v) is 11.8. The summed E-state index contributed by atoms with van der Waals surface area (Å²) in [6, 6.07) is 8.32. The van der Waals surface area contributed by atoms with Crippen molar-refractivity contribution in [3.8, 4) is 0 Å². The van der Waals surface area contributed by atoms with Gasteiger partial charge in [-0.05, 0) is 12.0 Å². The smallest absolute Gasteiger partial charge is 0.309 e. The molecule has 0 spiro atoms. The van der Waals surface area contributed by atoms with E-state index in [1.54, 1.807) is 6.92 Å². The van der Waals surface area contributed by atoms with Crippen molar-refractivity contribution in [3.05, 3.63) is 35.9 Å². The molecule has 2 amide bonds. The molecule has 1 saturated heterocycles. The highest BCUT2D eigenvalue weighted by atomic mass is 16.4. The first-order valence-electron chi connectivity index (χ1n) is 6.87. The summed E-state index contributed by atoms with van der Waals surface area (Å²) < 4.78 is 0. The number of carboxylic acid groups (broad SMARTS) is 1. The lowest BCUT2D eigenvalue weighted by Gasteiger charge is -2.34. The van der Waals surface area contributed by atoms with Crippen LogP contribution in [0.4, 0.5) is 0 Å². The van der Waals surface area contributed by atoms with E-state index in [0.29, 0.717) is 6.54 Å². The SMILES string of the molecule is CCC(C(=O)O)[C@H]1NC(=O)CN(Cc2ccccc2)C1=O. The minimum atomic E-state index is -1.07. The second-order valence-electron chi connectivity index (χ2n) is 5.08. The van der Waals surface area contributed by atoms with Gasteiger partial charge in [-0.3, -0.25) is 14.4 Å². The Labute approximate surface area is 122 Å². The summed E-state index contributed by atoms with van der Waals surface area (Å²) in [5, 5.41) is 11.7. The second kappa shape index (κ2) is 6.39. The molecular weight excluding hydrogens is 272 g/mol. The minimum Gasteiger partial charge on any atom is -0.481 e. The molecule has 1 heterocycles. The highest BCUT2D eigenvalue weighted by Crippen LogP contribution is 2.17. The molecule has 1 aromatic rings. The molecule has 112 valence electrons. The molecule has 6 heteroatoms. The standard InChI is InChI=1S/C15H18N2O4/c1-2-11(15(20)21)13-14(19)17(9-12(18)16-13)8-10-6-4-3-5-7-10/h3-7,11,13H,2,8-9H2,1H3,(H,16,18)(H,20,21)/t11?,13-/m1/s1. The summed E-state index contributed by atoms with van der Waals surface area (Å²) in [5.74, 6) is -2.64. The molecule has 21 heavy (non-hydrogen) atoms. The van der Waals surface area contributed by atoms with Gasteiger partial charge in [-0.1, -0.05) is 37.3 Å². The van der Waals surface area contributed by atoms with Crippen LogP contribution in [-0.2, 0) is 20.9 Å². The molecular formula is C15H18N2O4. The van der Waals surface area contributed by atoms with Gasteiger partial charge in [0.1, 0.15) is 6.04 Å². The Morgan fingerprint density at radius 1 is 1.38 bits per heavy atom. The Morgan fingerprint density at radius 3 is 2.62 bits per heavy atom. The van der Waals surface area contributed by atoms with Crippen molar-refractivity contribution in [3.63, 3.8) is 0 Å². The van der Waals surface area contributed by atoms with Crippen molar-refractivity contribution in [2.24, 2.45) is 5.92 Å². The van der Waals surface area contributed by atoms with Crippen molar-refractivity contribution < 1.29 is 19.5 Å². The van der Waals surface area contributed by atoms with Crippen molar-refractivity contribution in [1.29, 1.82) is 0 Å². The van der Waals surface area contributed by atoms with Crippen LogP contribution in [0, 0.1) is 5.92 Å². The van der Waals surface area contributed by atoms with Gasteiger partial charge in [0.2, 0.25) is 11.8 Å². The van der Waals surface area contributed by atoms with Crippen molar-refractivity contribution in [1.82, 2.24) is 10.2 Å². The molecule has 1 unspecified atom stereocenters. The van der Waals surface area contributed by atoms with Gasteiger partial charge in [0.25, 0.3) is 0 Å². The van der Waals surface area contributed by atoms with Gasteiger partial charge < -0.3 is 15.3 Å². The first-order valence-corrected chi connectivity index (χ1v) is 6.87. The average molecular weight is 290 g/mol. The largest absolute Gasteiger partial charge is 0.481 e. The van der Waals surface area contributed by atoms with Crippen LogP contribution in [0.25, 0.3) is 0 Å². The maximum atomic E-state index is 12.4. The number of nitrogens with zero attached hydrogens (tertiary/aromatic N) is 1. The highest BCUT2D eigenvalue weighted by molar-refractivity contribution is 5.97. The van der Waals surface area contributed by atoms with E-state index in [4.69, 9.17) is 0 Å². The van der Waals surface area contributed by atoms with Gasteiger partial charge in [-0.15, -0.1) is 0 Å². The van der Waals surface area contributed by atoms with Crippen LogP contribution in [0.15, 0.2) is 30.3 Å². The highest BCUT2D eigenvalue weighted by Gasteiger charge is 2.40. The van der Waals surface area contributed by atoms with E-state index < -0.39 is 17.9 Å². The van der Waals surface area contributed by atoms with Crippen LogP contribution < -0.4 is 5.32 Å². The molecule has 1 fully saturated rings. The molecule has 1 aliphatic rings. The number of carboxylic acids is 1. The number of hydrogen-bond donors (Lipinski definition) is 2. The summed E-state index contributed by atoms with van der Waals surface area (Å²) in [6.07, 6.45) is 0.283. The van der Waals surface area contributed by atoms with Crippen LogP contribution in [0.1, 0.15) is 18.9 Å². The van der Waals surface area contributed by atoms with Gasteiger partial charge in [0.15, 0.2) is 0 Å². The number of amides is 2. The molecule has 0 saturated carbocycles. The van der Waals surface area contributed by atoms with Gasteiger partial charge in [0, 0.05) is 6.54 Å². The molecule has 2 rings (SSSR count). The Kier molecular flexibility index (Phi) is 4.57. The lowest BCUT2D eigenvalue weighted by molar-refractivity contribution is -0.153. The summed E-state index contributed by atoms with van der Waals surface area (Å²) >= 11 is 0. The average Bonchev–Trinajstić information content (AvgIpc) is 2.45. The maximum absolute atomic E-state index is 12.4. The van der Waals surface area contributed by atoms with Gasteiger partial charge in [-0.25, -0.2) is 0 Å². The number of carbonyl (C=O) groups is 3. The lowest BCUT2D eigenvalue weighted by Crippen LogP contribution is -2.61. The Hall–Kier alpha value is -2.37. The van der Waals surface area contributed by atoms with Crippen molar-refractivity contribution in [2.75, 3.05) is 6.54 Å². The molecule has 2 N–H and O–H groups in total. The van der Waals surface area contributed by atoms with E-state index in [0.717, 1.165) is 5.56 Å². The van der Waals surface area contributed by atoms with Crippen LogP contribution in [0.3, 0.4) is 0 Å². The summed E-state index contributed by atoms with van der Waals surface area (Å²) in [6.45, 7) is 1.95. The summed E-state index contributed by atoms with van der Waals surface area (Å²) in [5.41, 5.74) is 0.905. The van der Waals surface area contributed by atoms with Crippen molar-refractivity contribution in [2.45, 2.75) is 25.9 Å².